The zero-order chi connectivity index (χ0) is 20.0. The van der Waals surface area contributed by atoms with Crippen LogP contribution >= 0.6 is 0 Å². The molecule has 150 valence electrons. The van der Waals surface area contributed by atoms with Gasteiger partial charge in [0.1, 0.15) is 0 Å². The molecule has 0 saturated heterocycles. The summed E-state index contributed by atoms with van der Waals surface area (Å²) in [5.74, 6) is -0.148. The largest absolute Gasteiger partial charge is 0.465 e. The highest BCUT2D eigenvalue weighted by Crippen LogP contribution is 2.29. The summed E-state index contributed by atoms with van der Waals surface area (Å²) in [6.07, 6.45) is 2.21. The number of hydrogen-bond acceptors (Lipinski definition) is 6. The third kappa shape index (κ3) is 6.60. The van der Waals surface area contributed by atoms with Crippen molar-refractivity contribution in [2.45, 2.75) is 24.7 Å². The van der Waals surface area contributed by atoms with Crippen LogP contribution in [-0.2, 0) is 24.3 Å². The van der Waals surface area contributed by atoms with E-state index in [0.717, 1.165) is 17.1 Å². The fourth-order valence-corrected chi connectivity index (χ4v) is 3.54. The third-order valence-corrected chi connectivity index (χ3v) is 5.95. The van der Waals surface area contributed by atoms with Crippen molar-refractivity contribution in [3.8, 4) is 0 Å². The monoisotopic (exact) mass is 397 g/mol. The number of carbonyl (C=O) groups excluding carboxylic acids is 2. The van der Waals surface area contributed by atoms with Crippen molar-refractivity contribution < 1.29 is 22.7 Å². The Kier molecular flexibility index (Phi) is 7.34. The first kappa shape index (κ1) is 21.3. The van der Waals surface area contributed by atoms with Crippen molar-refractivity contribution in [2.75, 3.05) is 45.7 Å². The van der Waals surface area contributed by atoms with Crippen LogP contribution in [0.3, 0.4) is 0 Å². The number of anilines is 1. The number of ether oxygens (including phenoxy) is 1. The summed E-state index contributed by atoms with van der Waals surface area (Å²) in [7, 11) is -0.677. The van der Waals surface area contributed by atoms with Gasteiger partial charge in [0.2, 0.25) is 15.9 Å². The Morgan fingerprint density at radius 2 is 1.93 bits per heavy atom. The van der Waals surface area contributed by atoms with Gasteiger partial charge in [-0.2, -0.15) is 0 Å². The molecule has 1 aromatic rings. The first-order chi connectivity index (χ1) is 12.7. The van der Waals surface area contributed by atoms with E-state index in [4.69, 9.17) is 4.74 Å². The molecule has 2 rings (SSSR count). The molecule has 0 aromatic heterocycles. The molecular formula is C18H27N3O5S. The molecule has 0 atom stereocenters. The Bertz CT molecular complexity index is 775. The molecule has 1 aliphatic rings. The van der Waals surface area contributed by atoms with Gasteiger partial charge in [0.25, 0.3) is 0 Å². The molecule has 8 nitrogen and oxygen atoms in total. The average Bonchev–Trinajstić information content (AvgIpc) is 3.38. The molecule has 1 N–H and O–H groups in total. The zero-order valence-electron chi connectivity index (χ0n) is 16.0. The van der Waals surface area contributed by atoms with Crippen molar-refractivity contribution in [1.82, 2.24) is 9.21 Å². The minimum atomic E-state index is -3.58. The Hall–Kier alpha value is -1.97. The lowest BCUT2D eigenvalue weighted by Gasteiger charge is -2.20. The molecule has 27 heavy (non-hydrogen) atoms. The first-order valence-corrected chi connectivity index (χ1v) is 10.4. The Morgan fingerprint density at radius 3 is 2.52 bits per heavy atom. The SMILES string of the molecule is CCOC(=O)CN(CC(=O)Nc1cccc(S(=O)(=O)N(C)C)c1)CC1CC1. The summed E-state index contributed by atoms with van der Waals surface area (Å²) in [6, 6.07) is 6.10. The van der Waals surface area contributed by atoms with E-state index in [9.17, 15) is 18.0 Å². The summed E-state index contributed by atoms with van der Waals surface area (Å²) in [4.78, 5) is 26.0. The predicted molar refractivity (Wildman–Crippen MR) is 102 cm³/mol. The summed E-state index contributed by atoms with van der Waals surface area (Å²) in [5.41, 5.74) is 0.394. The maximum atomic E-state index is 12.4. The van der Waals surface area contributed by atoms with Gasteiger partial charge < -0.3 is 10.1 Å². The Morgan fingerprint density at radius 1 is 1.22 bits per heavy atom. The van der Waals surface area contributed by atoms with Gasteiger partial charge in [-0.15, -0.1) is 0 Å². The number of hydrogen-bond donors (Lipinski definition) is 1. The highest BCUT2D eigenvalue weighted by atomic mass is 32.2. The molecular weight excluding hydrogens is 370 g/mol. The second kappa shape index (κ2) is 9.29. The molecule has 1 aromatic carbocycles. The third-order valence-electron chi connectivity index (χ3n) is 4.13. The number of nitrogens with one attached hydrogen (secondary N) is 1. The Labute approximate surface area is 160 Å². The van der Waals surface area contributed by atoms with Crippen LogP contribution in [0.2, 0.25) is 0 Å². The lowest BCUT2D eigenvalue weighted by Crippen LogP contribution is -2.38. The number of sulfonamides is 1. The van der Waals surface area contributed by atoms with Crippen LogP contribution in [0.15, 0.2) is 29.2 Å². The van der Waals surface area contributed by atoms with Crippen LogP contribution in [0.1, 0.15) is 19.8 Å². The highest BCUT2D eigenvalue weighted by molar-refractivity contribution is 7.89. The number of esters is 1. The van der Waals surface area contributed by atoms with Gasteiger partial charge in [-0.1, -0.05) is 6.07 Å². The summed E-state index contributed by atoms with van der Waals surface area (Å²) in [5, 5.41) is 2.71. The molecule has 0 aliphatic heterocycles. The fourth-order valence-electron chi connectivity index (χ4n) is 2.59. The van der Waals surface area contributed by atoms with Crippen molar-refractivity contribution in [1.29, 1.82) is 0 Å². The van der Waals surface area contributed by atoms with Crippen LogP contribution < -0.4 is 5.32 Å². The van der Waals surface area contributed by atoms with Crippen LogP contribution in [0, 0.1) is 5.92 Å². The number of carbonyl (C=O) groups is 2. The second-order valence-electron chi connectivity index (χ2n) is 6.78. The van der Waals surface area contributed by atoms with E-state index in [1.165, 1.54) is 26.2 Å². The minimum Gasteiger partial charge on any atom is -0.465 e. The normalized spacial score (nSPS) is 14.4. The number of nitrogens with zero attached hydrogens (tertiary/aromatic N) is 2. The molecule has 1 saturated carbocycles. The van der Waals surface area contributed by atoms with Crippen molar-refractivity contribution in [3.63, 3.8) is 0 Å². The van der Waals surface area contributed by atoms with Crippen molar-refractivity contribution in [3.05, 3.63) is 24.3 Å². The smallest absolute Gasteiger partial charge is 0.320 e. The van der Waals surface area contributed by atoms with Gasteiger partial charge in [0, 0.05) is 26.3 Å². The average molecular weight is 397 g/mol. The van der Waals surface area contributed by atoms with Crippen LogP contribution in [-0.4, -0.2) is 69.8 Å². The quantitative estimate of drug-likeness (QED) is 0.595. The van der Waals surface area contributed by atoms with E-state index in [1.54, 1.807) is 24.0 Å². The standard InChI is InChI=1S/C18H27N3O5S/c1-4-26-18(23)13-21(11-14-8-9-14)12-17(22)19-15-6-5-7-16(10-15)27(24,25)20(2)3/h5-7,10,14H,4,8-9,11-13H2,1-3H3,(H,19,22). The van der Waals surface area contributed by atoms with Gasteiger partial charge in [-0.05, 0) is 43.9 Å². The second-order valence-corrected chi connectivity index (χ2v) is 8.93. The fraction of sp³-hybridized carbons (Fsp3) is 0.556. The number of benzene rings is 1. The topological polar surface area (TPSA) is 96.0 Å². The number of rotatable bonds is 10. The van der Waals surface area contributed by atoms with E-state index in [-0.39, 0.29) is 29.9 Å². The van der Waals surface area contributed by atoms with E-state index in [2.05, 4.69) is 5.32 Å². The lowest BCUT2D eigenvalue weighted by molar-refractivity contribution is -0.144. The summed E-state index contributed by atoms with van der Waals surface area (Å²) >= 11 is 0. The number of amides is 1. The van der Waals surface area contributed by atoms with Gasteiger partial charge in [0.05, 0.1) is 24.6 Å². The molecule has 1 aliphatic carbocycles. The maximum Gasteiger partial charge on any atom is 0.320 e. The molecule has 1 fully saturated rings. The van der Waals surface area contributed by atoms with E-state index >= 15 is 0 Å². The molecule has 0 bridgehead atoms. The predicted octanol–water partition coefficient (Wildman–Crippen LogP) is 1.15. The molecule has 0 radical (unpaired) electrons. The van der Waals surface area contributed by atoms with Gasteiger partial charge in [0.15, 0.2) is 0 Å². The maximum absolute atomic E-state index is 12.4. The van der Waals surface area contributed by atoms with Crippen LogP contribution in [0.25, 0.3) is 0 Å². The van der Waals surface area contributed by atoms with E-state index < -0.39 is 10.0 Å². The molecule has 0 unspecified atom stereocenters. The van der Waals surface area contributed by atoms with E-state index in [1.807, 2.05) is 0 Å². The summed E-state index contributed by atoms with van der Waals surface area (Å²) < 4.78 is 30.5. The van der Waals surface area contributed by atoms with Gasteiger partial charge in [-0.3, -0.25) is 14.5 Å². The molecule has 0 spiro atoms. The van der Waals surface area contributed by atoms with Gasteiger partial charge >= 0.3 is 5.97 Å². The molecule has 1 amide bonds. The Balaban J connectivity index is 2.01. The lowest BCUT2D eigenvalue weighted by atomic mass is 10.3. The zero-order valence-corrected chi connectivity index (χ0v) is 16.8. The summed E-state index contributed by atoms with van der Waals surface area (Å²) in [6.45, 7) is 2.81. The van der Waals surface area contributed by atoms with Crippen LogP contribution in [0.5, 0.6) is 0 Å². The van der Waals surface area contributed by atoms with E-state index in [0.29, 0.717) is 24.8 Å². The minimum absolute atomic E-state index is 0.0416. The van der Waals surface area contributed by atoms with Gasteiger partial charge in [-0.25, -0.2) is 12.7 Å². The molecule has 0 heterocycles. The van der Waals surface area contributed by atoms with Crippen LogP contribution in [0.4, 0.5) is 5.69 Å². The molecule has 9 heteroatoms. The van der Waals surface area contributed by atoms with Crippen molar-refractivity contribution in [2.24, 2.45) is 5.92 Å². The van der Waals surface area contributed by atoms with Crippen molar-refractivity contribution >= 4 is 27.6 Å². The highest BCUT2D eigenvalue weighted by Gasteiger charge is 2.27. The first-order valence-electron chi connectivity index (χ1n) is 8.92.